The first-order valence-electron chi connectivity index (χ1n) is 10.3. The maximum atomic E-state index is 2.49. The molecule has 2 heteroatoms. The van der Waals surface area contributed by atoms with E-state index in [2.05, 4.69) is 72.6 Å². The lowest BCUT2D eigenvalue weighted by molar-refractivity contribution is -0.705. The smallest absolute Gasteiger partial charge is 0.234 e. The minimum Gasteiger partial charge on any atom is -0.234 e. The third kappa shape index (κ3) is 6.68. The van der Waals surface area contributed by atoms with E-state index >= 15 is 0 Å². The van der Waals surface area contributed by atoms with Crippen molar-refractivity contribution in [2.45, 2.75) is 91.1 Å². The van der Waals surface area contributed by atoms with Gasteiger partial charge in [-0.05, 0) is 31.2 Å². The van der Waals surface area contributed by atoms with Gasteiger partial charge in [0.1, 0.15) is 12.4 Å². The molecule has 1 aromatic heterocycles. The Morgan fingerprint density at radius 1 is 0.920 bits per heavy atom. The van der Waals surface area contributed by atoms with Gasteiger partial charge < -0.3 is 0 Å². The zero-order valence-corrected chi connectivity index (χ0v) is 16.6. The molecule has 25 heavy (non-hydrogen) atoms. The Morgan fingerprint density at radius 3 is 2.36 bits per heavy atom. The summed E-state index contributed by atoms with van der Waals surface area (Å²) in [4.78, 5) is 0. The van der Waals surface area contributed by atoms with Crippen molar-refractivity contribution in [3.05, 3.63) is 54.1 Å². The molecular weight excluding hydrogens is 304 g/mol. The highest BCUT2D eigenvalue weighted by molar-refractivity contribution is 5.14. The number of nitrogens with zero attached hydrogens (tertiary/aromatic N) is 2. The van der Waals surface area contributed by atoms with Gasteiger partial charge in [-0.1, -0.05) is 76.8 Å². The first kappa shape index (κ1) is 19.8. The van der Waals surface area contributed by atoms with Crippen LogP contribution in [0.3, 0.4) is 0 Å². The van der Waals surface area contributed by atoms with Gasteiger partial charge in [-0.2, -0.15) is 0 Å². The predicted octanol–water partition coefficient (Wildman–Crippen LogP) is 5.89. The highest BCUT2D eigenvalue weighted by Crippen LogP contribution is 2.13. The van der Waals surface area contributed by atoms with Gasteiger partial charge in [-0.25, -0.2) is 9.13 Å². The second-order valence-corrected chi connectivity index (χ2v) is 7.55. The quantitative estimate of drug-likeness (QED) is 0.336. The standard InChI is InChI=1S/C23H37N2/c1-4-5-6-7-8-12-17-24-19-20-25(23(24)21(2)3)18-13-16-22-14-10-9-11-15-22/h9-11,14-15,19-21H,4-8,12-13,16-18H2,1-3H3/q+1. The van der Waals surface area contributed by atoms with Crippen molar-refractivity contribution in [1.29, 1.82) is 0 Å². The molecule has 0 atom stereocenters. The predicted molar refractivity (Wildman–Crippen MR) is 107 cm³/mol. The Labute approximate surface area is 154 Å². The van der Waals surface area contributed by atoms with Gasteiger partial charge in [-0.15, -0.1) is 0 Å². The fourth-order valence-electron chi connectivity index (χ4n) is 3.68. The van der Waals surface area contributed by atoms with Gasteiger partial charge in [0.05, 0.1) is 19.0 Å². The average molecular weight is 342 g/mol. The van der Waals surface area contributed by atoms with Crippen LogP contribution in [0.5, 0.6) is 0 Å². The zero-order valence-electron chi connectivity index (χ0n) is 16.6. The molecule has 0 fully saturated rings. The molecule has 2 rings (SSSR count). The molecule has 138 valence electrons. The first-order chi connectivity index (χ1) is 12.2. The van der Waals surface area contributed by atoms with E-state index in [0.717, 1.165) is 13.0 Å². The molecule has 0 saturated carbocycles. The first-order valence-corrected chi connectivity index (χ1v) is 10.3. The maximum absolute atomic E-state index is 2.49. The Bertz CT molecular complexity index is 583. The van der Waals surface area contributed by atoms with Crippen LogP contribution >= 0.6 is 0 Å². The van der Waals surface area contributed by atoms with Crippen molar-refractivity contribution >= 4 is 0 Å². The van der Waals surface area contributed by atoms with Gasteiger partial charge in [0.2, 0.25) is 0 Å². The zero-order chi connectivity index (χ0) is 17.9. The summed E-state index contributed by atoms with van der Waals surface area (Å²) >= 11 is 0. The van der Waals surface area contributed by atoms with E-state index in [-0.39, 0.29) is 0 Å². The highest BCUT2D eigenvalue weighted by Gasteiger charge is 2.20. The molecule has 0 bridgehead atoms. The summed E-state index contributed by atoms with van der Waals surface area (Å²) in [6.45, 7) is 9.21. The summed E-state index contributed by atoms with van der Waals surface area (Å²) in [5, 5.41) is 0. The van der Waals surface area contributed by atoms with Gasteiger partial charge in [0, 0.05) is 0 Å². The van der Waals surface area contributed by atoms with Crippen LogP contribution in [0.2, 0.25) is 0 Å². The molecule has 0 aliphatic rings. The van der Waals surface area contributed by atoms with Crippen LogP contribution < -0.4 is 4.57 Å². The molecule has 0 aliphatic heterocycles. The molecule has 1 aromatic carbocycles. The fraction of sp³-hybridized carbons (Fsp3) is 0.609. The van der Waals surface area contributed by atoms with Crippen LogP contribution in [0.4, 0.5) is 0 Å². The van der Waals surface area contributed by atoms with Crippen LogP contribution in [0.1, 0.15) is 83.0 Å². The van der Waals surface area contributed by atoms with Crippen molar-refractivity contribution in [3.63, 3.8) is 0 Å². The normalized spacial score (nSPS) is 11.4. The number of benzene rings is 1. The number of unbranched alkanes of at least 4 members (excludes halogenated alkanes) is 5. The van der Waals surface area contributed by atoms with E-state index in [4.69, 9.17) is 0 Å². The minimum atomic E-state index is 0.576. The second kappa shape index (κ2) is 11.1. The highest BCUT2D eigenvalue weighted by atomic mass is 15.1. The van der Waals surface area contributed by atoms with Crippen LogP contribution in [0.25, 0.3) is 0 Å². The molecule has 0 amide bonds. The second-order valence-electron chi connectivity index (χ2n) is 7.55. The molecule has 0 unspecified atom stereocenters. The van der Waals surface area contributed by atoms with Crippen LogP contribution in [0, 0.1) is 0 Å². The van der Waals surface area contributed by atoms with E-state index in [1.165, 1.54) is 62.9 Å². The maximum Gasteiger partial charge on any atom is 0.258 e. The van der Waals surface area contributed by atoms with E-state index in [1.807, 2.05) is 0 Å². The van der Waals surface area contributed by atoms with Crippen LogP contribution in [-0.4, -0.2) is 4.57 Å². The van der Waals surface area contributed by atoms with E-state index < -0.39 is 0 Å². The van der Waals surface area contributed by atoms with Gasteiger partial charge in [-0.3, -0.25) is 0 Å². The third-order valence-corrected chi connectivity index (χ3v) is 4.99. The number of aryl methyl sites for hydroxylation is 3. The van der Waals surface area contributed by atoms with Crippen molar-refractivity contribution < 1.29 is 4.57 Å². The van der Waals surface area contributed by atoms with Gasteiger partial charge in [0.25, 0.3) is 5.82 Å². The summed E-state index contributed by atoms with van der Waals surface area (Å²) < 4.78 is 4.97. The van der Waals surface area contributed by atoms with Crippen molar-refractivity contribution in [3.8, 4) is 0 Å². The lowest BCUT2D eigenvalue weighted by Crippen LogP contribution is -2.38. The Hall–Kier alpha value is -1.57. The van der Waals surface area contributed by atoms with E-state index in [1.54, 1.807) is 0 Å². The molecule has 0 saturated heterocycles. The average Bonchev–Trinajstić information content (AvgIpc) is 3.02. The third-order valence-electron chi connectivity index (χ3n) is 4.99. The summed E-state index contributed by atoms with van der Waals surface area (Å²) in [7, 11) is 0. The van der Waals surface area contributed by atoms with Gasteiger partial charge >= 0.3 is 0 Å². The van der Waals surface area contributed by atoms with Crippen LogP contribution in [-0.2, 0) is 19.5 Å². The number of hydrogen-bond donors (Lipinski definition) is 0. The summed E-state index contributed by atoms with van der Waals surface area (Å²) in [5.41, 5.74) is 1.45. The lowest BCUT2D eigenvalue weighted by atomic mass is 10.1. The summed E-state index contributed by atoms with van der Waals surface area (Å²) in [5.74, 6) is 2.06. The number of aromatic nitrogens is 2. The van der Waals surface area contributed by atoms with Crippen molar-refractivity contribution in [2.75, 3.05) is 0 Å². The molecule has 0 aliphatic carbocycles. The monoisotopic (exact) mass is 341 g/mol. The van der Waals surface area contributed by atoms with E-state index in [0.29, 0.717) is 5.92 Å². The van der Waals surface area contributed by atoms with Gasteiger partial charge in [0.15, 0.2) is 0 Å². The molecular formula is C23H37N2+. The molecule has 2 nitrogen and oxygen atoms in total. The molecule has 2 aromatic rings. The topological polar surface area (TPSA) is 8.81 Å². The Morgan fingerprint density at radius 2 is 1.64 bits per heavy atom. The molecule has 0 radical (unpaired) electrons. The molecule has 0 N–H and O–H groups in total. The number of hydrogen-bond acceptors (Lipinski definition) is 0. The Balaban J connectivity index is 1.83. The minimum absolute atomic E-state index is 0.576. The molecule has 1 heterocycles. The molecule has 0 spiro atoms. The SMILES string of the molecule is CCCCCCCCn1cc[n+](CCCc2ccccc2)c1C(C)C. The lowest BCUT2D eigenvalue weighted by Gasteiger charge is -2.08. The van der Waals surface area contributed by atoms with Crippen molar-refractivity contribution in [2.24, 2.45) is 0 Å². The van der Waals surface area contributed by atoms with Crippen molar-refractivity contribution in [1.82, 2.24) is 4.57 Å². The summed E-state index contributed by atoms with van der Waals surface area (Å²) in [6.07, 6.45) is 15.1. The number of imidazole rings is 1. The Kier molecular flexibility index (Phi) is 8.79. The summed E-state index contributed by atoms with van der Waals surface area (Å²) in [6, 6.07) is 10.8. The largest absolute Gasteiger partial charge is 0.258 e. The van der Waals surface area contributed by atoms with Crippen LogP contribution in [0.15, 0.2) is 42.7 Å². The van der Waals surface area contributed by atoms with E-state index in [9.17, 15) is 0 Å². The number of rotatable bonds is 12. The fourth-order valence-corrected chi connectivity index (χ4v) is 3.68.